The maximum atomic E-state index is 13.5. The number of hydrogen-bond donors (Lipinski definition) is 1. The molecule has 2 aromatic rings. The second kappa shape index (κ2) is 12.2. The van der Waals surface area contributed by atoms with E-state index in [1.54, 1.807) is 50.4 Å². The molecule has 0 saturated carbocycles. The van der Waals surface area contributed by atoms with E-state index in [4.69, 9.17) is 4.74 Å². The van der Waals surface area contributed by atoms with Crippen LogP contribution in [0.25, 0.3) is 0 Å². The molecule has 8 nitrogen and oxygen atoms in total. The van der Waals surface area contributed by atoms with Crippen LogP contribution in [0, 0.1) is 0 Å². The molecule has 0 radical (unpaired) electrons. The van der Waals surface area contributed by atoms with E-state index in [1.807, 2.05) is 26.0 Å². The Morgan fingerprint density at radius 2 is 1.65 bits per heavy atom. The third-order valence-electron chi connectivity index (χ3n) is 5.47. The summed E-state index contributed by atoms with van der Waals surface area (Å²) in [4.78, 5) is 27.8. The summed E-state index contributed by atoms with van der Waals surface area (Å²) >= 11 is 3.33. The molecule has 0 aromatic heterocycles. The van der Waals surface area contributed by atoms with E-state index in [9.17, 15) is 18.0 Å². The molecule has 0 spiro atoms. The largest absolute Gasteiger partial charge is 0.497 e. The molecular formula is C24H32BrN3O5S. The highest BCUT2D eigenvalue weighted by Crippen LogP contribution is 2.22. The zero-order valence-electron chi connectivity index (χ0n) is 20.1. The summed E-state index contributed by atoms with van der Waals surface area (Å²) in [6.07, 6.45) is 1.80. The van der Waals surface area contributed by atoms with Gasteiger partial charge in [-0.3, -0.25) is 13.9 Å². The number of sulfonamides is 1. The number of rotatable bonds is 11. The van der Waals surface area contributed by atoms with Crippen LogP contribution >= 0.6 is 15.9 Å². The zero-order chi connectivity index (χ0) is 25.5. The van der Waals surface area contributed by atoms with E-state index in [1.165, 1.54) is 4.90 Å². The normalized spacial score (nSPS) is 13.0. The standard InChI is InChI=1S/C24H32BrN3O5S/c1-6-17(2)26-24(30)18(3)27(15-19-7-13-22(33-4)14-8-19)23(29)16-28(34(5,31)32)21-11-9-20(25)10-12-21/h7-14,17-18H,6,15-16H2,1-5H3,(H,26,30)/t17-,18-/m0/s1. The molecule has 34 heavy (non-hydrogen) atoms. The molecule has 0 saturated heterocycles. The van der Waals surface area contributed by atoms with Crippen molar-refractivity contribution in [2.24, 2.45) is 0 Å². The van der Waals surface area contributed by atoms with Crippen LogP contribution in [0.2, 0.25) is 0 Å². The first-order valence-corrected chi connectivity index (χ1v) is 13.6. The van der Waals surface area contributed by atoms with Crippen LogP contribution < -0.4 is 14.4 Å². The first-order valence-electron chi connectivity index (χ1n) is 10.9. The number of carbonyl (C=O) groups is 2. The van der Waals surface area contributed by atoms with E-state index in [0.29, 0.717) is 11.4 Å². The van der Waals surface area contributed by atoms with Crippen LogP contribution in [-0.4, -0.2) is 57.1 Å². The van der Waals surface area contributed by atoms with Crippen LogP contribution in [0.4, 0.5) is 5.69 Å². The van der Waals surface area contributed by atoms with Crippen LogP contribution in [0.15, 0.2) is 53.0 Å². The first kappa shape index (κ1) is 27.7. The van der Waals surface area contributed by atoms with Crippen molar-refractivity contribution in [3.05, 3.63) is 58.6 Å². The highest BCUT2D eigenvalue weighted by molar-refractivity contribution is 9.10. The Labute approximate surface area is 210 Å². The van der Waals surface area contributed by atoms with Gasteiger partial charge in [-0.05, 0) is 62.2 Å². The number of halogens is 1. The number of carbonyl (C=O) groups excluding carboxylic acids is 2. The smallest absolute Gasteiger partial charge is 0.244 e. The van der Waals surface area contributed by atoms with Crippen molar-refractivity contribution >= 4 is 43.5 Å². The van der Waals surface area contributed by atoms with Gasteiger partial charge in [0.05, 0.1) is 19.1 Å². The van der Waals surface area contributed by atoms with Gasteiger partial charge in [0.2, 0.25) is 21.8 Å². The summed E-state index contributed by atoms with van der Waals surface area (Å²) in [6.45, 7) is 5.19. The van der Waals surface area contributed by atoms with Gasteiger partial charge in [0.1, 0.15) is 18.3 Å². The minimum Gasteiger partial charge on any atom is -0.497 e. The molecule has 0 aliphatic heterocycles. The lowest BCUT2D eigenvalue weighted by Gasteiger charge is -2.32. The molecule has 0 aliphatic rings. The van der Waals surface area contributed by atoms with E-state index in [-0.39, 0.29) is 18.5 Å². The van der Waals surface area contributed by atoms with E-state index < -0.39 is 28.5 Å². The summed E-state index contributed by atoms with van der Waals surface area (Å²) in [7, 11) is -2.19. The predicted molar refractivity (Wildman–Crippen MR) is 137 cm³/mol. The average molecular weight is 555 g/mol. The van der Waals surface area contributed by atoms with E-state index in [2.05, 4.69) is 21.2 Å². The minimum absolute atomic E-state index is 0.0526. The Kier molecular flexibility index (Phi) is 9.93. The molecular weight excluding hydrogens is 522 g/mol. The van der Waals surface area contributed by atoms with Gasteiger partial charge < -0.3 is 15.0 Å². The zero-order valence-corrected chi connectivity index (χ0v) is 22.5. The van der Waals surface area contributed by atoms with Crippen LogP contribution in [0.1, 0.15) is 32.8 Å². The molecule has 2 amide bonds. The maximum absolute atomic E-state index is 13.5. The SMILES string of the molecule is CC[C@H](C)NC(=O)[C@H](C)N(Cc1ccc(OC)cc1)C(=O)CN(c1ccc(Br)cc1)S(C)(=O)=O. The summed E-state index contributed by atoms with van der Waals surface area (Å²) < 4.78 is 32.1. The number of methoxy groups -OCH3 is 1. The van der Waals surface area contributed by atoms with Gasteiger partial charge in [0.15, 0.2) is 0 Å². The van der Waals surface area contributed by atoms with Crippen molar-refractivity contribution in [3.8, 4) is 5.75 Å². The number of hydrogen-bond acceptors (Lipinski definition) is 5. The summed E-state index contributed by atoms with van der Waals surface area (Å²) in [5, 5.41) is 2.90. The molecule has 0 aliphatic carbocycles. The number of ether oxygens (including phenoxy) is 1. The third-order valence-corrected chi connectivity index (χ3v) is 7.14. The van der Waals surface area contributed by atoms with Crippen molar-refractivity contribution in [2.45, 2.75) is 45.8 Å². The number of nitrogens with zero attached hydrogens (tertiary/aromatic N) is 2. The van der Waals surface area contributed by atoms with Gasteiger partial charge in [-0.15, -0.1) is 0 Å². The molecule has 10 heteroatoms. The van der Waals surface area contributed by atoms with Crippen molar-refractivity contribution in [1.82, 2.24) is 10.2 Å². The molecule has 0 heterocycles. The topological polar surface area (TPSA) is 96.0 Å². The van der Waals surface area contributed by atoms with Gasteiger partial charge >= 0.3 is 0 Å². The molecule has 1 N–H and O–H groups in total. The molecule has 0 fully saturated rings. The monoisotopic (exact) mass is 553 g/mol. The molecule has 2 aromatic carbocycles. The highest BCUT2D eigenvalue weighted by atomic mass is 79.9. The summed E-state index contributed by atoms with van der Waals surface area (Å²) in [5.41, 5.74) is 1.15. The first-order chi connectivity index (χ1) is 16.0. The second-order valence-corrected chi connectivity index (χ2v) is 10.9. The fourth-order valence-electron chi connectivity index (χ4n) is 3.20. The lowest BCUT2D eigenvalue weighted by Crippen LogP contribution is -2.52. The van der Waals surface area contributed by atoms with Gasteiger partial charge in [-0.1, -0.05) is 35.0 Å². The van der Waals surface area contributed by atoms with Crippen LogP contribution in [0.5, 0.6) is 5.75 Å². The molecule has 186 valence electrons. The Morgan fingerprint density at radius 1 is 1.06 bits per heavy atom. The maximum Gasteiger partial charge on any atom is 0.244 e. The molecule has 0 bridgehead atoms. The Balaban J connectivity index is 2.36. The Morgan fingerprint density at radius 3 is 2.15 bits per heavy atom. The molecule has 2 rings (SSSR count). The second-order valence-electron chi connectivity index (χ2n) is 8.11. The van der Waals surface area contributed by atoms with Crippen molar-refractivity contribution in [2.75, 3.05) is 24.2 Å². The Hall–Kier alpha value is -2.59. The fourth-order valence-corrected chi connectivity index (χ4v) is 4.31. The molecule has 2 atom stereocenters. The molecule has 0 unspecified atom stereocenters. The fraction of sp³-hybridized carbons (Fsp3) is 0.417. The van der Waals surface area contributed by atoms with Gasteiger partial charge in [0, 0.05) is 17.1 Å². The summed E-state index contributed by atoms with van der Waals surface area (Å²) in [5.74, 6) is -0.121. The quantitative estimate of drug-likeness (QED) is 0.459. The van der Waals surface area contributed by atoms with Crippen LogP contribution in [0.3, 0.4) is 0 Å². The number of anilines is 1. The predicted octanol–water partition coefficient (Wildman–Crippen LogP) is 3.56. The number of amides is 2. The number of nitrogens with one attached hydrogen (secondary N) is 1. The van der Waals surface area contributed by atoms with E-state index in [0.717, 1.165) is 27.0 Å². The lowest BCUT2D eigenvalue weighted by atomic mass is 10.1. The van der Waals surface area contributed by atoms with Crippen LogP contribution in [-0.2, 0) is 26.2 Å². The average Bonchev–Trinajstić information content (AvgIpc) is 2.80. The minimum atomic E-state index is -3.76. The Bertz CT molecular complexity index is 1070. The van der Waals surface area contributed by atoms with Crippen molar-refractivity contribution in [3.63, 3.8) is 0 Å². The van der Waals surface area contributed by atoms with Crippen molar-refractivity contribution in [1.29, 1.82) is 0 Å². The van der Waals surface area contributed by atoms with Gasteiger partial charge in [-0.25, -0.2) is 8.42 Å². The van der Waals surface area contributed by atoms with Gasteiger partial charge in [-0.2, -0.15) is 0 Å². The number of benzene rings is 2. The summed E-state index contributed by atoms with van der Waals surface area (Å²) in [6, 6.07) is 12.9. The van der Waals surface area contributed by atoms with Crippen molar-refractivity contribution < 1.29 is 22.7 Å². The lowest BCUT2D eigenvalue weighted by molar-refractivity contribution is -0.139. The third kappa shape index (κ3) is 7.73. The van der Waals surface area contributed by atoms with E-state index >= 15 is 0 Å². The highest BCUT2D eigenvalue weighted by Gasteiger charge is 2.30. The van der Waals surface area contributed by atoms with Gasteiger partial charge in [0.25, 0.3) is 0 Å².